The van der Waals surface area contributed by atoms with Crippen LogP contribution in [0.3, 0.4) is 0 Å². The predicted octanol–water partition coefficient (Wildman–Crippen LogP) is 2.54. The van der Waals surface area contributed by atoms with Crippen LogP contribution in [0.15, 0.2) is 30.6 Å². The summed E-state index contributed by atoms with van der Waals surface area (Å²) in [6, 6.07) is 7.77. The summed E-state index contributed by atoms with van der Waals surface area (Å²) >= 11 is 0. The van der Waals surface area contributed by atoms with Gasteiger partial charge in [-0.15, -0.1) is 10.2 Å². The molecule has 1 aliphatic rings. The maximum atomic E-state index is 12.9. The third-order valence-corrected chi connectivity index (χ3v) is 5.05. The molecule has 0 aliphatic carbocycles. The summed E-state index contributed by atoms with van der Waals surface area (Å²) in [5.74, 6) is 1.27. The van der Waals surface area contributed by atoms with Gasteiger partial charge in [0, 0.05) is 31.6 Å². The Labute approximate surface area is 154 Å². The molecule has 0 saturated carbocycles. The summed E-state index contributed by atoms with van der Waals surface area (Å²) in [6.45, 7) is 5.10. The molecule has 1 aromatic carbocycles. The van der Waals surface area contributed by atoms with Crippen molar-refractivity contribution in [2.75, 3.05) is 13.1 Å². The van der Waals surface area contributed by atoms with Gasteiger partial charge in [0.15, 0.2) is 0 Å². The lowest BCUT2D eigenvalue weighted by Crippen LogP contribution is -2.39. The van der Waals surface area contributed by atoms with Gasteiger partial charge in [-0.3, -0.25) is 4.79 Å². The molecular weight excluding hydrogens is 328 g/mol. The number of hydrogen-bond donors (Lipinski definition) is 1. The molecular formula is C20H28N4O2. The zero-order valence-corrected chi connectivity index (χ0v) is 15.9. The fourth-order valence-electron chi connectivity index (χ4n) is 3.48. The Bertz CT molecular complexity index is 746. The normalized spacial score (nSPS) is 18.2. The second-order valence-electron chi connectivity index (χ2n) is 7.90. The summed E-state index contributed by atoms with van der Waals surface area (Å²) in [7, 11) is 1.95. The Hall–Kier alpha value is -2.21. The fraction of sp³-hybridized carbons (Fsp3) is 0.550. The van der Waals surface area contributed by atoms with Crippen LogP contribution in [0.5, 0.6) is 0 Å². The minimum Gasteiger partial charge on any atom is -0.390 e. The molecule has 26 heavy (non-hydrogen) atoms. The van der Waals surface area contributed by atoms with E-state index in [1.807, 2.05) is 54.6 Å². The van der Waals surface area contributed by atoms with Crippen molar-refractivity contribution in [2.24, 2.45) is 7.05 Å². The number of carbonyl (C=O) groups is 1. The van der Waals surface area contributed by atoms with Gasteiger partial charge in [-0.05, 0) is 57.2 Å². The highest BCUT2D eigenvalue weighted by atomic mass is 16.3. The van der Waals surface area contributed by atoms with Gasteiger partial charge in [0.05, 0.1) is 5.60 Å². The molecule has 2 aromatic rings. The van der Waals surface area contributed by atoms with E-state index in [0.29, 0.717) is 13.0 Å². The van der Waals surface area contributed by atoms with Crippen molar-refractivity contribution in [1.82, 2.24) is 19.7 Å². The molecule has 140 valence electrons. The second kappa shape index (κ2) is 7.58. The number of aromatic nitrogens is 3. The van der Waals surface area contributed by atoms with Gasteiger partial charge in [-0.25, -0.2) is 0 Å². The SMILES string of the molecule is Cn1cnnc1[C@H]1CCCN(C(=O)c2ccc(CCC(C)(C)O)cc2)C1. The van der Waals surface area contributed by atoms with Crippen LogP contribution in [-0.4, -0.2) is 49.4 Å². The van der Waals surface area contributed by atoms with E-state index in [2.05, 4.69) is 10.2 Å². The molecule has 1 aliphatic heterocycles. The molecule has 6 heteroatoms. The van der Waals surface area contributed by atoms with Crippen LogP contribution in [0.25, 0.3) is 0 Å². The van der Waals surface area contributed by atoms with E-state index in [1.54, 1.807) is 6.33 Å². The van der Waals surface area contributed by atoms with E-state index < -0.39 is 5.60 Å². The fourth-order valence-corrected chi connectivity index (χ4v) is 3.48. The lowest BCUT2D eigenvalue weighted by Gasteiger charge is -2.32. The van der Waals surface area contributed by atoms with Crippen molar-refractivity contribution in [1.29, 1.82) is 0 Å². The lowest BCUT2D eigenvalue weighted by molar-refractivity contribution is 0.0697. The molecule has 1 aromatic heterocycles. The third-order valence-electron chi connectivity index (χ3n) is 5.05. The van der Waals surface area contributed by atoms with Crippen molar-refractivity contribution in [3.63, 3.8) is 0 Å². The average molecular weight is 356 g/mol. The summed E-state index contributed by atoms with van der Waals surface area (Å²) in [5, 5.41) is 18.0. The number of carbonyl (C=O) groups excluding carboxylic acids is 1. The molecule has 1 fully saturated rings. The first-order valence-corrected chi connectivity index (χ1v) is 9.28. The highest BCUT2D eigenvalue weighted by molar-refractivity contribution is 5.94. The van der Waals surface area contributed by atoms with Crippen molar-refractivity contribution in [2.45, 2.75) is 51.0 Å². The van der Waals surface area contributed by atoms with Crippen LogP contribution in [0.1, 0.15) is 60.8 Å². The number of aryl methyl sites for hydroxylation is 2. The molecule has 6 nitrogen and oxygen atoms in total. The third kappa shape index (κ3) is 4.49. The van der Waals surface area contributed by atoms with Crippen LogP contribution < -0.4 is 0 Å². The standard InChI is InChI=1S/C20H28N4O2/c1-20(2,26)11-10-15-6-8-16(9-7-15)19(25)24-12-4-5-17(13-24)18-22-21-14-23(18)3/h6-9,14,17,26H,4-5,10-13H2,1-3H3/t17-/m0/s1. The summed E-state index contributed by atoms with van der Waals surface area (Å²) < 4.78 is 1.94. The second-order valence-corrected chi connectivity index (χ2v) is 7.90. The number of aliphatic hydroxyl groups is 1. The van der Waals surface area contributed by atoms with Gasteiger partial charge >= 0.3 is 0 Å². The van der Waals surface area contributed by atoms with Crippen molar-refractivity contribution in [3.8, 4) is 0 Å². The topological polar surface area (TPSA) is 71.2 Å². The van der Waals surface area contributed by atoms with Gasteiger partial charge in [0.25, 0.3) is 5.91 Å². The molecule has 0 bridgehead atoms. The Kier molecular flexibility index (Phi) is 5.41. The highest BCUT2D eigenvalue weighted by Crippen LogP contribution is 2.26. The predicted molar refractivity (Wildman–Crippen MR) is 99.9 cm³/mol. The Morgan fingerprint density at radius 2 is 2.04 bits per heavy atom. The van der Waals surface area contributed by atoms with E-state index in [-0.39, 0.29) is 11.8 Å². The number of hydrogen-bond acceptors (Lipinski definition) is 4. The molecule has 3 rings (SSSR count). The summed E-state index contributed by atoms with van der Waals surface area (Å²) in [6.07, 6.45) is 5.23. The van der Waals surface area contributed by atoms with E-state index in [4.69, 9.17) is 0 Å². The van der Waals surface area contributed by atoms with Crippen LogP contribution in [0.4, 0.5) is 0 Å². The number of rotatable bonds is 5. The first-order valence-electron chi connectivity index (χ1n) is 9.28. The molecule has 1 saturated heterocycles. The molecule has 1 amide bonds. The van der Waals surface area contributed by atoms with Crippen LogP contribution in [0.2, 0.25) is 0 Å². The minimum absolute atomic E-state index is 0.0749. The number of likely N-dealkylation sites (tertiary alicyclic amines) is 1. The molecule has 1 atom stereocenters. The Balaban J connectivity index is 1.64. The van der Waals surface area contributed by atoms with Gasteiger partial charge in [0.1, 0.15) is 12.2 Å². The van der Waals surface area contributed by atoms with Crippen molar-refractivity contribution >= 4 is 5.91 Å². The smallest absolute Gasteiger partial charge is 0.253 e. The highest BCUT2D eigenvalue weighted by Gasteiger charge is 2.28. The Morgan fingerprint density at radius 1 is 1.31 bits per heavy atom. The molecule has 2 heterocycles. The zero-order chi connectivity index (χ0) is 18.7. The maximum Gasteiger partial charge on any atom is 0.253 e. The first kappa shape index (κ1) is 18.6. The maximum absolute atomic E-state index is 12.9. The van der Waals surface area contributed by atoms with E-state index in [1.165, 1.54) is 0 Å². The van der Waals surface area contributed by atoms with Crippen LogP contribution >= 0.6 is 0 Å². The monoisotopic (exact) mass is 356 g/mol. The quantitative estimate of drug-likeness (QED) is 0.894. The number of benzene rings is 1. The van der Waals surface area contributed by atoms with E-state index in [9.17, 15) is 9.90 Å². The minimum atomic E-state index is -0.670. The van der Waals surface area contributed by atoms with E-state index in [0.717, 1.165) is 42.8 Å². The Morgan fingerprint density at radius 3 is 2.65 bits per heavy atom. The van der Waals surface area contributed by atoms with Crippen LogP contribution in [0, 0.1) is 0 Å². The van der Waals surface area contributed by atoms with Crippen molar-refractivity contribution < 1.29 is 9.90 Å². The van der Waals surface area contributed by atoms with Gasteiger partial charge in [0.2, 0.25) is 0 Å². The number of amides is 1. The van der Waals surface area contributed by atoms with Crippen LogP contribution in [-0.2, 0) is 13.5 Å². The van der Waals surface area contributed by atoms with Crippen molar-refractivity contribution in [3.05, 3.63) is 47.5 Å². The van der Waals surface area contributed by atoms with E-state index >= 15 is 0 Å². The average Bonchev–Trinajstić information content (AvgIpc) is 3.05. The summed E-state index contributed by atoms with van der Waals surface area (Å²) in [4.78, 5) is 14.8. The zero-order valence-electron chi connectivity index (χ0n) is 15.9. The molecule has 0 unspecified atom stereocenters. The number of piperidine rings is 1. The summed E-state index contributed by atoms with van der Waals surface area (Å²) in [5.41, 5.74) is 1.19. The largest absolute Gasteiger partial charge is 0.390 e. The van der Waals surface area contributed by atoms with Gasteiger partial charge < -0.3 is 14.6 Å². The molecule has 1 N–H and O–H groups in total. The molecule has 0 radical (unpaired) electrons. The van der Waals surface area contributed by atoms with Gasteiger partial charge in [-0.2, -0.15) is 0 Å². The lowest BCUT2D eigenvalue weighted by atomic mass is 9.96. The number of nitrogens with zero attached hydrogens (tertiary/aromatic N) is 4. The van der Waals surface area contributed by atoms with Gasteiger partial charge in [-0.1, -0.05) is 12.1 Å². The molecule has 0 spiro atoms. The first-order chi connectivity index (χ1) is 12.3.